The van der Waals surface area contributed by atoms with E-state index in [1.165, 1.54) is 30.5 Å². The fourth-order valence-corrected chi connectivity index (χ4v) is 4.56. The van der Waals surface area contributed by atoms with Crippen molar-refractivity contribution < 1.29 is 19.1 Å². The van der Waals surface area contributed by atoms with E-state index in [1.807, 2.05) is 6.92 Å². The fraction of sp³-hybridized carbons (Fsp3) is 0.500. The highest BCUT2D eigenvalue weighted by Crippen LogP contribution is 2.31. The Kier molecular flexibility index (Phi) is 9.80. The average molecular weight is 467 g/mol. The van der Waals surface area contributed by atoms with E-state index in [0.29, 0.717) is 24.5 Å². The Hall–Kier alpha value is -3.02. The summed E-state index contributed by atoms with van der Waals surface area (Å²) in [5.41, 5.74) is 3.60. The zero-order valence-corrected chi connectivity index (χ0v) is 20.8. The minimum atomic E-state index is -0.417. The van der Waals surface area contributed by atoms with E-state index in [2.05, 4.69) is 41.4 Å². The number of carbonyl (C=O) groups excluding carboxylic acids is 2. The lowest BCUT2D eigenvalue weighted by Gasteiger charge is -2.32. The maximum absolute atomic E-state index is 13.1. The Morgan fingerprint density at radius 3 is 2.47 bits per heavy atom. The maximum Gasteiger partial charge on any atom is 0.341 e. The molecule has 1 heterocycles. The summed E-state index contributed by atoms with van der Waals surface area (Å²) >= 11 is 0. The summed E-state index contributed by atoms with van der Waals surface area (Å²) in [4.78, 5) is 27.8. The third-order valence-corrected chi connectivity index (χ3v) is 6.13. The van der Waals surface area contributed by atoms with Crippen molar-refractivity contribution in [2.45, 2.75) is 65.3 Å². The molecule has 0 aromatic heterocycles. The molecule has 0 saturated carbocycles. The lowest BCUT2D eigenvalue weighted by molar-refractivity contribution is -0.121. The fourth-order valence-electron chi connectivity index (χ4n) is 4.56. The van der Waals surface area contributed by atoms with Crippen LogP contribution in [0.2, 0.25) is 0 Å². The number of nitrogens with zero attached hydrogens (tertiary/aromatic N) is 1. The van der Waals surface area contributed by atoms with Gasteiger partial charge in [-0.3, -0.25) is 4.79 Å². The summed E-state index contributed by atoms with van der Waals surface area (Å²) in [6.45, 7) is 8.63. The Bertz CT molecular complexity index is 953. The van der Waals surface area contributed by atoms with E-state index < -0.39 is 5.97 Å². The molecule has 0 aliphatic carbocycles. The molecule has 2 aromatic rings. The molecule has 1 saturated heterocycles. The van der Waals surface area contributed by atoms with Gasteiger partial charge in [0, 0.05) is 18.8 Å². The van der Waals surface area contributed by atoms with Crippen LogP contribution in [0.25, 0.3) is 0 Å². The van der Waals surface area contributed by atoms with Crippen LogP contribution < -0.4 is 15.0 Å². The van der Waals surface area contributed by atoms with Crippen LogP contribution in [0.3, 0.4) is 0 Å². The third kappa shape index (κ3) is 6.75. The van der Waals surface area contributed by atoms with E-state index in [4.69, 9.17) is 9.47 Å². The van der Waals surface area contributed by atoms with Gasteiger partial charge in [-0.15, -0.1) is 0 Å². The lowest BCUT2D eigenvalue weighted by atomic mass is 9.97. The topological polar surface area (TPSA) is 67.9 Å². The van der Waals surface area contributed by atoms with Crippen molar-refractivity contribution in [3.63, 3.8) is 0 Å². The van der Waals surface area contributed by atoms with Gasteiger partial charge in [-0.05, 0) is 68.9 Å². The van der Waals surface area contributed by atoms with Gasteiger partial charge >= 0.3 is 5.97 Å². The highest BCUT2D eigenvalue weighted by molar-refractivity contribution is 5.93. The molecule has 2 aromatic carbocycles. The summed E-state index contributed by atoms with van der Waals surface area (Å²) in [5.74, 6) is -0.00989. The predicted octanol–water partition coefficient (Wildman–Crippen LogP) is 5.45. The minimum absolute atomic E-state index is 0.0409. The van der Waals surface area contributed by atoms with Crippen molar-refractivity contribution in [1.29, 1.82) is 0 Å². The largest absolute Gasteiger partial charge is 0.493 e. The van der Waals surface area contributed by atoms with Gasteiger partial charge in [0.15, 0.2) is 0 Å². The predicted molar refractivity (Wildman–Crippen MR) is 136 cm³/mol. The van der Waals surface area contributed by atoms with Crippen LogP contribution in [-0.2, 0) is 16.0 Å². The quantitative estimate of drug-likeness (QED) is 0.446. The van der Waals surface area contributed by atoms with Crippen molar-refractivity contribution in [3.05, 3.63) is 59.2 Å². The van der Waals surface area contributed by atoms with E-state index >= 15 is 0 Å². The molecule has 1 N–H and O–H groups in total. The zero-order chi connectivity index (χ0) is 24.3. The van der Waals surface area contributed by atoms with Gasteiger partial charge in [-0.2, -0.15) is 0 Å². The van der Waals surface area contributed by atoms with E-state index in [9.17, 15) is 9.59 Å². The Balaban J connectivity index is 1.76. The number of hydrogen-bond donors (Lipinski definition) is 1. The second kappa shape index (κ2) is 13.0. The summed E-state index contributed by atoms with van der Waals surface area (Å²) in [6, 6.07) is 13.7. The molecule has 1 atom stereocenters. The van der Waals surface area contributed by atoms with Gasteiger partial charge in [0.1, 0.15) is 11.3 Å². The van der Waals surface area contributed by atoms with Crippen molar-refractivity contribution in [1.82, 2.24) is 5.32 Å². The molecule has 1 aliphatic heterocycles. The summed E-state index contributed by atoms with van der Waals surface area (Å²) in [7, 11) is 0. The first-order valence-corrected chi connectivity index (χ1v) is 12.6. The standard InChI is InChI=1S/C28H38N2O4/c1-4-12-24(22-13-8-9-14-25(22)30-17-10-7-11-18-30)29-27(31)20-21-15-16-23(28(32)34-6-3)26(19-21)33-5-2/h8-9,13-16,19,24H,4-7,10-12,17-18,20H2,1-3H3,(H,29,31). The van der Waals surface area contributed by atoms with Gasteiger partial charge in [-0.25, -0.2) is 4.79 Å². The van der Waals surface area contributed by atoms with Crippen molar-refractivity contribution >= 4 is 17.6 Å². The maximum atomic E-state index is 13.1. The molecule has 0 spiro atoms. The molecule has 6 heteroatoms. The number of benzene rings is 2. The molecule has 1 fully saturated rings. The molecule has 6 nitrogen and oxygen atoms in total. The summed E-state index contributed by atoms with van der Waals surface area (Å²) < 4.78 is 10.8. The van der Waals surface area contributed by atoms with Gasteiger partial charge in [0.2, 0.25) is 5.91 Å². The second-order valence-electron chi connectivity index (χ2n) is 8.68. The van der Waals surface area contributed by atoms with Gasteiger partial charge < -0.3 is 19.7 Å². The van der Waals surface area contributed by atoms with Crippen molar-refractivity contribution in [3.8, 4) is 5.75 Å². The number of ether oxygens (including phenoxy) is 2. The monoisotopic (exact) mass is 466 g/mol. The Morgan fingerprint density at radius 2 is 1.76 bits per heavy atom. The molecule has 34 heavy (non-hydrogen) atoms. The van der Waals surface area contributed by atoms with Crippen LogP contribution >= 0.6 is 0 Å². The average Bonchev–Trinajstić information content (AvgIpc) is 2.85. The summed E-state index contributed by atoms with van der Waals surface area (Å²) in [6.07, 6.45) is 5.78. The first-order valence-electron chi connectivity index (χ1n) is 12.6. The second-order valence-corrected chi connectivity index (χ2v) is 8.68. The molecule has 0 radical (unpaired) electrons. The number of esters is 1. The van der Waals surface area contributed by atoms with Crippen molar-refractivity contribution in [2.75, 3.05) is 31.2 Å². The van der Waals surface area contributed by atoms with Crippen LogP contribution in [0.4, 0.5) is 5.69 Å². The molecular formula is C28H38N2O4. The smallest absolute Gasteiger partial charge is 0.341 e. The van der Waals surface area contributed by atoms with Crippen LogP contribution in [0, 0.1) is 0 Å². The normalized spacial score (nSPS) is 14.4. The van der Waals surface area contributed by atoms with E-state index in [0.717, 1.165) is 31.5 Å². The number of hydrogen-bond acceptors (Lipinski definition) is 5. The molecule has 184 valence electrons. The SMILES string of the molecule is CCCC(NC(=O)Cc1ccc(C(=O)OCC)c(OCC)c1)c1ccccc1N1CCCCC1. The number of anilines is 1. The van der Waals surface area contributed by atoms with Crippen LogP contribution in [0.5, 0.6) is 5.75 Å². The zero-order valence-electron chi connectivity index (χ0n) is 20.8. The number of amides is 1. The molecule has 1 aliphatic rings. The number of rotatable bonds is 11. The van der Waals surface area contributed by atoms with Gasteiger partial charge in [0.05, 0.1) is 25.7 Å². The van der Waals surface area contributed by atoms with Crippen molar-refractivity contribution in [2.24, 2.45) is 0 Å². The molecule has 0 bridgehead atoms. The lowest BCUT2D eigenvalue weighted by Crippen LogP contribution is -2.34. The molecule has 3 rings (SSSR count). The third-order valence-electron chi connectivity index (χ3n) is 6.13. The van der Waals surface area contributed by atoms with Gasteiger partial charge in [0.25, 0.3) is 0 Å². The van der Waals surface area contributed by atoms with E-state index in [-0.39, 0.29) is 18.4 Å². The minimum Gasteiger partial charge on any atom is -0.493 e. The number of piperidine rings is 1. The first-order chi connectivity index (χ1) is 16.6. The highest BCUT2D eigenvalue weighted by Gasteiger charge is 2.22. The molecule has 1 unspecified atom stereocenters. The van der Waals surface area contributed by atoms with Gasteiger partial charge in [-0.1, -0.05) is 37.6 Å². The van der Waals surface area contributed by atoms with Crippen LogP contribution in [0.15, 0.2) is 42.5 Å². The van der Waals surface area contributed by atoms with Crippen LogP contribution in [-0.4, -0.2) is 38.2 Å². The Morgan fingerprint density at radius 1 is 1.00 bits per heavy atom. The Labute approximate surface area is 203 Å². The van der Waals surface area contributed by atoms with E-state index in [1.54, 1.807) is 25.1 Å². The van der Waals surface area contributed by atoms with Crippen LogP contribution in [0.1, 0.15) is 80.4 Å². The molecule has 1 amide bonds. The number of carbonyl (C=O) groups is 2. The number of nitrogens with one attached hydrogen (secondary N) is 1. The summed E-state index contributed by atoms with van der Waals surface area (Å²) in [5, 5.41) is 3.27. The number of para-hydroxylation sites is 1. The first kappa shape index (κ1) is 25.6. The highest BCUT2D eigenvalue weighted by atomic mass is 16.5. The molecular weight excluding hydrogens is 428 g/mol.